The molecule has 0 aromatic heterocycles. The Balaban J connectivity index is 0.00000288. The van der Waals surface area contributed by atoms with Crippen LogP contribution in [0.25, 0.3) is 0 Å². The molecule has 0 radical (unpaired) electrons. The molecule has 0 bridgehead atoms. The molecular weight excluding hydrogens is 344 g/mol. The first-order chi connectivity index (χ1) is 11.0. The third-order valence-corrected chi connectivity index (χ3v) is 4.54. The van der Waals surface area contributed by atoms with E-state index in [0.29, 0.717) is 0 Å². The summed E-state index contributed by atoms with van der Waals surface area (Å²) in [6.45, 7) is 4.39. The largest absolute Gasteiger partial charge is 0.383 e. The summed E-state index contributed by atoms with van der Waals surface area (Å²) in [5, 5.41) is 2.78. The Labute approximate surface area is 153 Å². The van der Waals surface area contributed by atoms with Crippen LogP contribution in [0, 0.1) is 13.8 Å². The molecule has 0 aliphatic carbocycles. The summed E-state index contributed by atoms with van der Waals surface area (Å²) in [5.41, 5.74) is 8.92. The van der Waals surface area contributed by atoms with Crippen molar-refractivity contribution in [3.05, 3.63) is 53.6 Å². The molecule has 24 heavy (non-hydrogen) atoms. The quantitative estimate of drug-likeness (QED) is 0.816. The van der Waals surface area contributed by atoms with Gasteiger partial charge in [-0.3, -0.25) is 4.79 Å². The lowest BCUT2D eigenvalue weighted by Gasteiger charge is -2.12. The molecular formula is C18H23ClN2O2S. The number of benzene rings is 2. The summed E-state index contributed by atoms with van der Waals surface area (Å²) in [4.78, 5) is 14.2. The molecule has 2 aromatic carbocycles. The average Bonchev–Trinajstić information content (AvgIpc) is 2.53. The van der Waals surface area contributed by atoms with Gasteiger partial charge >= 0.3 is 0 Å². The lowest BCUT2D eigenvalue weighted by atomic mass is 10.2. The number of hydrogen-bond donors (Lipinski definition) is 2. The Morgan fingerprint density at radius 3 is 2.50 bits per heavy atom. The van der Waals surface area contributed by atoms with Gasteiger partial charge in [-0.15, -0.1) is 12.4 Å². The number of halogens is 1. The van der Waals surface area contributed by atoms with Crippen molar-refractivity contribution >= 4 is 35.8 Å². The van der Waals surface area contributed by atoms with E-state index in [1.54, 1.807) is 11.8 Å². The summed E-state index contributed by atoms with van der Waals surface area (Å²) in [5.74, 6) is -0.248. The molecule has 0 heterocycles. The van der Waals surface area contributed by atoms with Crippen LogP contribution in [0.5, 0.6) is 0 Å². The van der Waals surface area contributed by atoms with Crippen LogP contribution in [0.2, 0.25) is 0 Å². The monoisotopic (exact) mass is 366 g/mol. The van der Waals surface area contributed by atoms with Crippen LogP contribution >= 0.6 is 24.2 Å². The molecule has 6 heteroatoms. The fourth-order valence-corrected chi connectivity index (χ4v) is 3.04. The molecule has 2 aromatic rings. The smallest absolute Gasteiger partial charge is 0.243 e. The zero-order chi connectivity index (χ0) is 16.8. The van der Waals surface area contributed by atoms with Gasteiger partial charge in [0.05, 0.1) is 6.61 Å². The molecule has 0 aliphatic rings. The van der Waals surface area contributed by atoms with E-state index in [1.165, 1.54) is 23.1 Å². The number of nitrogens with two attached hydrogens (primary N) is 1. The first-order valence-corrected chi connectivity index (χ1v) is 8.22. The second kappa shape index (κ2) is 9.69. The van der Waals surface area contributed by atoms with Crippen molar-refractivity contribution in [2.75, 3.05) is 19.0 Å². The second-order valence-corrected chi connectivity index (χ2v) is 6.56. The van der Waals surface area contributed by atoms with Crippen LogP contribution < -0.4 is 11.1 Å². The first-order valence-electron chi connectivity index (χ1n) is 7.40. The molecule has 3 N–H and O–H groups in total. The number of aryl methyl sites for hydroxylation is 2. The third kappa shape index (κ3) is 5.83. The number of ether oxygens (including phenoxy) is 1. The van der Waals surface area contributed by atoms with Gasteiger partial charge in [0.1, 0.15) is 6.04 Å². The van der Waals surface area contributed by atoms with E-state index < -0.39 is 6.04 Å². The molecule has 0 saturated heterocycles. The van der Waals surface area contributed by atoms with Crippen molar-refractivity contribution in [3.63, 3.8) is 0 Å². The zero-order valence-corrected chi connectivity index (χ0v) is 15.7. The minimum Gasteiger partial charge on any atom is -0.383 e. The Kier molecular flexibility index (Phi) is 8.28. The molecule has 0 aliphatic heterocycles. The summed E-state index contributed by atoms with van der Waals surface area (Å²) < 4.78 is 4.88. The van der Waals surface area contributed by atoms with Crippen LogP contribution in [0.1, 0.15) is 11.1 Å². The van der Waals surface area contributed by atoms with E-state index >= 15 is 0 Å². The molecule has 0 saturated carbocycles. The predicted octanol–water partition coefficient (Wildman–Crippen LogP) is 3.79. The highest BCUT2D eigenvalue weighted by Gasteiger charge is 2.13. The minimum absolute atomic E-state index is 0. The summed E-state index contributed by atoms with van der Waals surface area (Å²) in [6, 6.07) is 13.5. The van der Waals surface area contributed by atoms with Gasteiger partial charge in [0.25, 0.3) is 0 Å². The SMILES string of the molecule is COCC(N)C(=O)Nc1ccc(Sc2cc(C)ccc2C)cc1.Cl. The lowest BCUT2D eigenvalue weighted by Crippen LogP contribution is -2.39. The average molecular weight is 367 g/mol. The van der Waals surface area contributed by atoms with E-state index in [2.05, 4.69) is 37.4 Å². The highest BCUT2D eigenvalue weighted by Crippen LogP contribution is 2.31. The van der Waals surface area contributed by atoms with Crippen molar-refractivity contribution in [1.82, 2.24) is 0 Å². The fraction of sp³-hybridized carbons (Fsp3) is 0.278. The van der Waals surface area contributed by atoms with Crippen LogP contribution in [-0.4, -0.2) is 25.7 Å². The molecule has 1 unspecified atom stereocenters. The number of carbonyl (C=O) groups is 1. The van der Waals surface area contributed by atoms with Crippen molar-refractivity contribution in [2.24, 2.45) is 5.73 Å². The van der Waals surface area contributed by atoms with E-state index in [0.717, 1.165) is 10.6 Å². The highest BCUT2D eigenvalue weighted by atomic mass is 35.5. The van der Waals surface area contributed by atoms with Crippen LogP contribution in [0.4, 0.5) is 5.69 Å². The Hall–Kier alpha value is -1.53. The molecule has 1 atom stereocenters. The zero-order valence-electron chi connectivity index (χ0n) is 14.0. The lowest BCUT2D eigenvalue weighted by molar-refractivity contribution is -0.118. The Morgan fingerprint density at radius 2 is 1.88 bits per heavy atom. The standard InChI is InChI=1S/C18H22N2O2S.ClH/c1-12-4-5-13(2)17(10-12)23-15-8-6-14(7-9-15)20-18(21)16(19)11-22-3;/h4-10,16H,11,19H2,1-3H3,(H,20,21);1H. The van der Waals surface area contributed by atoms with E-state index in [4.69, 9.17) is 10.5 Å². The van der Waals surface area contributed by atoms with Gasteiger partial charge < -0.3 is 15.8 Å². The number of amides is 1. The number of carbonyl (C=O) groups excluding carboxylic acids is 1. The summed E-state index contributed by atoms with van der Waals surface area (Å²) >= 11 is 1.71. The maximum Gasteiger partial charge on any atom is 0.243 e. The number of rotatable bonds is 6. The Bertz CT molecular complexity index is 677. The maximum atomic E-state index is 11.8. The van der Waals surface area contributed by atoms with E-state index in [9.17, 15) is 4.79 Å². The molecule has 4 nitrogen and oxygen atoms in total. The van der Waals surface area contributed by atoms with Gasteiger partial charge in [0, 0.05) is 22.6 Å². The van der Waals surface area contributed by atoms with Crippen LogP contribution in [0.3, 0.4) is 0 Å². The summed E-state index contributed by atoms with van der Waals surface area (Å²) in [6.07, 6.45) is 0. The molecule has 0 fully saturated rings. The normalized spacial score (nSPS) is 11.5. The number of methoxy groups -OCH3 is 1. The van der Waals surface area contributed by atoms with Gasteiger partial charge in [0.2, 0.25) is 5.91 Å². The highest BCUT2D eigenvalue weighted by molar-refractivity contribution is 7.99. The van der Waals surface area contributed by atoms with Gasteiger partial charge in [-0.2, -0.15) is 0 Å². The Morgan fingerprint density at radius 1 is 1.21 bits per heavy atom. The topological polar surface area (TPSA) is 64.3 Å². The molecule has 0 spiro atoms. The van der Waals surface area contributed by atoms with E-state index in [1.807, 2.05) is 24.3 Å². The minimum atomic E-state index is -0.663. The number of anilines is 1. The fourth-order valence-electron chi connectivity index (χ4n) is 2.04. The molecule has 1 amide bonds. The van der Waals surface area contributed by atoms with Crippen molar-refractivity contribution in [3.8, 4) is 0 Å². The summed E-state index contributed by atoms with van der Waals surface area (Å²) in [7, 11) is 1.52. The van der Waals surface area contributed by atoms with Crippen molar-refractivity contribution in [1.29, 1.82) is 0 Å². The van der Waals surface area contributed by atoms with Gasteiger partial charge in [-0.25, -0.2) is 0 Å². The number of nitrogens with one attached hydrogen (secondary N) is 1. The van der Waals surface area contributed by atoms with Gasteiger partial charge in [-0.1, -0.05) is 23.9 Å². The first kappa shape index (κ1) is 20.5. The maximum absolute atomic E-state index is 11.8. The van der Waals surface area contributed by atoms with E-state index in [-0.39, 0.29) is 24.9 Å². The molecule has 130 valence electrons. The molecule has 2 rings (SSSR count). The van der Waals surface area contributed by atoms with Gasteiger partial charge in [0.15, 0.2) is 0 Å². The van der Waals surface area contributed by atoms with Crippen LogP contribution in [0.15, 0.2) is 52.3 Å². The van der Waals surface area contributed by atoms with Gasteiger partial charge in [-0.05, 0) is 55.3 Å². The van der Waals surface area contributed by atoms with Crippen molar-refractivity contribution in [2.45, 2.75) is 29.7 Å². The van der Waals surface area contributed by atoms with Crippen molar-refractivity contribution < 1.29 is 9.53 Å². The third-order valence-electron chi connectivity index (χ3n) is 3.38. The predicted molar refractivity (Wildman–Crippen MR) is 102 cm³/mol. The number of hydrogen-bond acceptors (Lipinski definition) is 4. The van der Waals surface area contributed by atoms with Crippen LogP contribution in [-0.2, 0) is 9.53 Å². The second-order valence-electron chi connectivity index (χ2n) is 5.45.